The molecule has 0 saturated carbocycles. The number of hydrogen-bond acceptors (Lipinski definition) is 4. The number of benzene rings is 2. The van der Waals surface area contributed by atoms with E-state index in [0.29, 0.717) is 42.1 Å². The van der Waals surface area contributed by atoms with Gasteiger partial charge in [0.1, 0.15) is 6.54 Å². The summed E-state index contributed by atoms with van der Waals surface area (Å²) in [5, 5.41) is 3.64. The highest BCUT2D eigenvalue weighted by atomic mass is 35.5. The second kappa shape index (κ2) is 8.89. The molecule has 1 fully saturated rings. The second-order valence-corrected chi connectivity index (χ2v) is 8.20. The number of halogens is 1. The summed E-state index contributed by atoms with van der Waals surface area (Å²) in [6.07, 6.45) is 1.52. The molecule has 4 amide bonds. The molecular formula is C23H22ClN3O4. The zero-order valence-corrected chi connectivity index (χ0v) is 17.6. The van der Waals surface area contributed by atoms with Gasteiger partial charge in [-0.3, -0.25) is 24.1 Å². The molecule has 1 saturated heterocycles. The van der Waals surface area contributed by atoms with Gasteiger partial charge in [-0.2, -0.15) is 0 Å². The van der Waals surface area contributed by atoms with Crippen LogP contribution in [-0.2, 0) is 16.0 Å². The maximum atomic E-state index is 12.7. The van der Waals surface area contributed by atoms with Crippen molar-refractivity contribution in [2.75, 3.05) is 19.6 Å². The third-order valence-corrected chi connectivity index (χ3v) is 5.91. The lowest BCUT2D eigenvalue weighted by Crippen LogP contribution is -2.49. The lowest BCUT2D eigenvalue weighted by atomic mass is 10.0. The van der Waals surface area contributed by atoms with Crippen molar-refractivity contribution in [2.45, 2.75) is 25.3 Å². The van der Waals surface area contributed by atoms with Crippen LogP contribution in [0.4, 0.5) is 0 Å². The van der Waals surface area contributed by atoms with E-state index in [-0.39, 0.29) is 30.8 Å². The first-order chi connectivity index (χ1) is 14.9. The minimum absolute atomic E-state index is 0.0110. The van der Waals surface area contributed by atoms with E-state index < -0.39 is 11.8 Å². The average molecular weight is 440 g/mol. The Balaban J connectivity index is 1.26. The first kappa shape index (κ1) is 21.1. The van der Waals surface area contributed by atoms with Crippen molar-refractivity contribution in [1.82, 2.24) is 15.1 Å². The summed E-state index contributed by atoms with van der Waals surface area (Å²) < 4.78 is 0. The fourth-order valence-electron chi connectivity index (χ4n) is 3.96. The van der Waals surface area contributed by atoms with Crippen LogP contribution in [0.1, 0.15) is 39.1 Å². The molecule has 2 aromatic carbocycles. The zero-order valence-electron chi connectivity index (χ0n) is 16.8. The Hall–Kier alpha value is -3.19. The van der Waals surface area contributed by atoms with Crippen LogP contribution in [-0.4, -0.2) is 59.1 Å². The fraction of sp³-hybridized carbons (Fsp3) is 0.304. The van der Waals surface area contributed by atoms with Crippen molar-refractivity contribution < 1.29 is 19.2 Å². The Morgan fingerprint density at radius 3 is 2.10 bits per heavy atom. The van der Waals surface area contributed by atoms with E-state index in [0.717, 1.165) is 10.5 Å². The van der Waals surface area contributed by atoms with Crippen LogP contribution in [0.25, 0.3) is 0 Å². The van der Waals surface area contributed by atoms with E-state index >= 15 is 0 Å². The Labute approximate surface area is 185 Å². The molecular weight excluding hydrogens is 418 g/mol. The highest BCUT2D eigenvalue weighted by molar-refractivity contribution is 6.30. The molecule has 31 heavy (non-hydrogen) atoms. The Morgan fingerprint density at radius 2 is 1.52 bits per heavy atom. The van der Waals surface area contributed by atoms with Gasteiger partial charge in [0.2, 0.25) is 11.8 Å². The van der Waals surface area contributed by atoms with E-state index in [1.165, 1.54) is 0 Å². The molecule has 2 aromatic rings. The molecule has 160 valence electrons. The topological polar surface area (TPSA) is 86.8 Å². The predicted octanol–water partition coefficient (Wildman–Crippen LogP) is 2.29. The first-order valence-electron chi connectivity index (χ1n) is 10.2. The SMILES string of the molecule is O=C(Cc1ccc(Cl)cc1)NC1CCN(C(=O)CN2C(=O)c3ccccc3C2=O)CC1. The number of carbonyl (C=O) groups excluding carboxylic acids is 4. The standard InChI is InChI=1S/C23H22ClN3O4/c24-16-7-5-15(6-8-16)13-20(28)25-17-9-11-26(12-10-17)21(29)14-27-22(30)18-3-1-2-4-19(18)23(27)31/h1-8,17H,9-14H2,(H,25,28). The lowest BCUT2D eigenvalue weighted by Gasteiger charge is -2.33. The molecule has 0 unspecified atom stereocenters. The van der Waals surface area contributed by atoms with E-state index in [4.69, 9.17) is 11.6 Å². The van der Waals surface area contributed by atoms with Gasteiger partial charge in [0, 0.05) is 24.2 Å². The van der Waals surface area contributed by atoms with Gasteiger partial charge >= 0.3 is 0 Å². The molecule has 7 nitrogen and oxygen atoms in total. The number of nitrogens with one attached hydrogen (secondary N) is 1. The van der Waals surface area contributed by atoms with Crippen LogP contribution in [0.5, 0.6) is 0 Å². The van der Waals surface area contributed by atoms with Gasteiger partial charge < -0.3 is 10.2 Å². The number of likely N-dealkylation sites (tertiary alicyclic amines) is 1. The van der Waals surface area contributed by atoms with Crippen molar-refractivity contribution in [1.29, 1.82) is 0 Å². The number of hydrogen-bond donors (Lipinski definition) is 1. The monoisotopic (exact) mass is 439 g/mol. The summed E-state index contributed by atoms with van der Waals surface area (Å²) >= 11 is 5.86. The molecule has 0 bridgehead atoms. The second-order valence-electron chi connectivity index (χ2n) is 7.77. The maximum absolute atomic E-state index is 12.7. The average Bonchev–Trinajstić information content (AvgIpc) is 3.01. The van der Waals surface area contributed by atoms with Crippen molar-refractivity contribution >= 4 is 35.2 Å². The lowest BCUT2D eigenvalue weighted by molar-refractivity contribution is -0.132. The molecule has 0 aliphatic carbocycles. The highest BCUT2D eigenvalue weighted by Gasteiger charge is 2.37. The molecule has 2 aliphatic heterocycles. The van der Waals surface area contributed by atoms with Crippen molar-refractivity contribution in [3.05, 3.63) is 70.2 Å². The Morgan fingerprint density at radius 1 is 0.935 bits per heavy atom. The molecule has 2 aliphatic rings. The number of piperidine rings is 1. The summed E-state index contributed by atoms with van der Waals surface area (Å²) in [4.78, 5) is 52.5. The maximum Gasteiger partial charge on any atom is 0.262 e. The summed E-state index contributed by atoms with van der Waals surface area (Å²) in [6.45, 7) is 0.668. The van der Waals surface area contributed by atoms with E-state index in [2.05, 4.69) is 5.32 Å². The highest BCUT2D eigenvalue weighted by Crippen LogP contribution is 2.22. The largest absolute Gasteiger partial charge is 0.353 e. The van der Waals surface area contributed by atoms with Crippen LogP contribution in [0.15, 0.2) is 48.5 Å². The Kier molecular flexibility index (Phi) is 6.04. The molecule has 0 atom stereocenters. The third-order valence-electron chi connectivity index (χ3n) is 5.66. The number of carbonyl (C=O) groups is 4. The number of imide groups is 1. The van der Waals surface area contributed by atoms with Crippen LogP contribution < -0.4 is 5.32 Å². The molecule has 2 heterocycles. The smallest absolute Gasteiger partial charge is 0.262 e. The minimum atomic E-state index is -0.432. The number of amides is 4. The van der Waals surface area contributed by atoms with Gasteiger partial charge in [0.25, 0.3) is 11.8 Å². The van der Waals surface area contributed by atoms with Crippen LogP contribution >= 0.6 is 11.6 Å². The minimum Gasteiger partial charge on any atom is -0.353 e. The first-order valence-corrected chi connectivity index (χ1v) is 10.6. The molecule has 4 rings (SSSR count). The quantitative estimate of drug-likeness (QED) is 0.724. The number of fused-ring (bicyclic) bond motifs is 1. The van der Waals surface area contributed by atoms with Gasteiger partial charge in [0.15, 0.2) is 0 Å². The predicted molar refractivity (Wildman–Crippen MR) is 115 cm³/mol. The van der Waals surface area contributed by atoms with Crippen molar-refractivity contribution in [3.8, 4) is 0 Å². The molecule has 0 spiro atoms. The van der Waals surface area contributed by atoms with Crippen molar-refractivity contribution in [3.63, 3.8) is 0 Å². The van der Waals surface area contributed by atoms with E-state index in [9.17, 15) is 19.2 Å². The summed E-state index contributed by atoms with van der Waals surface area (Å²) in [6, 6.07) is 13.7. The molecule has 0 aromatic heterocycles. The molecule has 0 radical (unpaired) electrons. The van der Waals surface area contributed by atoms with Crippen LogP contribution in [0.2, 0.25) is 5.02 Å². The van der Waals surface area contributed by atoms with Gasteiger partial charge in [-0.15, -0.1) is 0 Å². The fourth-order valence-corrected chi connectivity index (χ4v) is 4.08. The summed E-state index contributed by atoms with van der Waals surface area (Å²) in [7, 11) is 0. The van der Waals surface area contributed by atoms with Gasteiger partial charge in [-0.05, 0) is 42.7 Å². The molecule has 8 heteroatoms. The third kappa shape index (κ3) is 4.61. The normalized spacial score (nSPS) is 16.4. The summed E-state index contributed by atoms with van der Waals surface area (Å²) in [5.41, 5.74) is 1.56. The van der Waals surface area contributed by atoms with E-state index in [1.54, 1.807) is 41.3 Å². The molecule has 1 N–H and O–H groups in total. The van der Waals surface area contributed by atoms with Gasteiger partial charge in [-0.1, -0.05) is 35.9 Å². The van der Waals surface area contributed by atoms with E-state index in [1.807, 2.05) is 12.1 Å². The zero-order chi connectivity index (χ0) is 22.0. The van der Waals surface area contributed by atoms with Crippen LogP contribution in [0, 0.1) is 0 Å². The number of rotatable bonds is 5. The van der Waals surface area contributed by atoms with Gasteiger partial charge in [-0.25, -0.2) is 0 Å². The van der Waals surface area contributed by atoms with Crippen LogP contribution in [0.3, 0.4) is 0 Å². The summed E-state index contributed by atoms with van der Waals surface area (Å²) in [5.74, 6) is -1.20. The van der Waals surface area contributed by atoms with Crippen molar-refractivity contribution in [2.24, 2.45) is 0 Å². The van der Waals surface area contributed by atoms with Gasteiger partial charge in [0.05, 0.1) is 17.5 Å². The number of nitrogens with zero attached hydrogens (tertiary/aromatic N) is 2. The Bertz CT molecular complexity index is 994.